The van der Waals surface area contributed by atoms with Crippen LogP contribution in [0.3, 0.4) is 0 Å². The number of benzene rings is 1. The average molecular weight is 341 g/mol. The molecule has 1 aromatic carbocycles. The zero-order valence-electron chi connectivity index (χ0n) is 10.6. The highest BCUT2D eigenvalue weighted by atomic mass is 79.9. The lowest BCUT2D eigenvalue weighted by Crippen LogP contribution is -2.04. The SMILES string of the molecule is CCOc1nc(NC)nc(Sc2cccc(Br)c2)n1. The Morgan fingerprint density at radius 2 is 2.16 bits per heavy atom. The molecule has 0 saturated carbocycles. The molecule has 1 heterocycles. The van der Waals surface area contributed by atoms with Gasteiger partial charge in [0.25, 0.3) is 0 Å². The lowest BCUT2D eigenvalue weighted by atomic mass is 10.4. The Hall–Kier alpha value is -1.34. The van der Waals surface area contributed by atoms with E-state index in [1.807, 2.05) is 31.2 Å². The molecule has 19 heavy (non-hydrogen) atoms. The second-order valence-corrected chi connectivity index (χ2v) is 5.42. The van der Waals surface area contributed by atoms with Gasteiger partial charge in [-0.15, -0.1) is 0 Å². The van der Waals surface area contributed by atoms with Crippen LogP contribution in [0.4, 0.5) is 5.95 Å². The van der Waals surface area contributed by atoms with Crippen LogP contribution < -0.4 is 10.1 Å². The molecular formula is C12H13BrN4OS. The summed E-state index contributed by atoms with van der Waals surface area (Å²) in [7, 11) is 1.76. The summed E-state index contributed by atoms with van der Waals surface area (Å²) in [5, 5.41) is 3.50. The predicted octanol–water partition coefficient (Wildman–Crippen LogP) is 3.23. The quantitative estimate of drug-likeness (QED) is 0.901. The van der Waals surface area contributed by atoms with Crippen LogP contribution in [0.5, 0.6) is 6.01 Å². The van der Waals surface area contributed by atoms with Gasteiger partial charge < -0.3 is 10.1 Å². The Balaban J connectivity index is 2.26. The van der Waals surface area contributed by atoms with Crippen LogP contribution in [0.25, 0.3) is 0 Å². The highest BCUT2D eigenvalue weighted by molar-refractivity contribution is 9.10. The van der Waals surface area contributed by atoms with Gasteiger partial charge in [0.1, 0.15) is 0 Å². The second-order valence-electron chi connectivity index (χ2n) is 3.47. The van der Waals surface area contributed by atoms with Gasteiger partial charge in [0, 0.05) is 16.4 Å². The zero-order valence-corrected chi connectivity index (χ0v) is 13.0. The number of nitrogens with zero attached hydrogens (tertiary/aromatic N) is 3. The van der Waals surface area contributed by atoms with Crippen molar-refractivity contribution in [3.05, 3.63) is 28.7 Å². The normalized spacial score (nSPS) is 10.3. The summed E-state index contributed by atoms with van der Waals surface area (Å²) < 4.78 is 6.34. The third-order valence-corrected chi connectivity index (χ3v) is 3.44. The van der Waals surface area contributed by atoms with E-state index < -0.39 is 0 Å². The topological polar surface area (TPSA) is 59.9 Å². The van der Waals surface area contributed by atoms with Crippen molar-refractivity contribution in [1.82, 2.24) is 15.0 Å². The van der Waals surface area contributed by atoms with E-state index in [0.29, 0.717) is 23.7 Å². The van der Waals surface area contributed by atoms with Crippen molar-refractivity contribution >= 4 is 33.6 Å². The molecule has 0 saturated heterocycles. The summed E-state index contributed by atoms with van der Waals surface area (Å²) in [5.41, 5.74) is 0. The smallest absolute Gasteiger partial charge is 0.322 e. The lowest BCUT2D eigenvalue weighted by Gasteiger charge is -2.06. The van der Waals surface area contributed by atoms with Gasteiger partial charge in [0.2, 0.25) is 11.1 Å². The van der Waals surface area contributed by atoms with Crippen molar-refractivity contribution in [2.75, 3.05) is 19.0 Å². The number of rotatable bonds is 5. The van der Waals surface area contributed by atoms with E-state index in [4.69, 9.17) is 4.74 Å². The molecule has 0 spiro atoms. The highest BCUT2D eigenvalue weighted by Gasteiger charge is 2.08. The molecule has 0 aliphatic carbocycles. The minimum absolute atomic E-state index is 0.333. The van der Waals surface area contributed by atoms with Gasteiger partial charge in [-0.2, -0.15) is 15.0 Å². The van der Waals surface area contributed by atoms with Crippen LogP contribution >= 0.6 is 27.7 Å². The van der Waals surface area contributed by atoms with E-state index in [2.05, 4.69) is 36.2 Å². The molecule has 2 rings (SSSR count). The summed E-state index contributed by atoms with van der Waals surface area (Å²) in [6.07, 6.45) is 0. The number of halogens is 1. The third kappa shape index (κ3) is 4.07. The first-order valence-electron chi connectivity index (χ1n) is 5.71. The number of anilines is 1. The molecule has 2 aromatic rings. The van der Waals surface area contributed by atoms with Crippen molar-refractivity contribution in [2.45, 2.75) is 17.0 Å². The van der Waals surface area contributed by atoms with Crippen LogP contribution in [0, 0.1) is 0 Å². The van der Waals surface area contributed by atoms with Crippen molar-refractivity contribution in [1.29, 1.82) is 0 Å². The Bertz CT molecular complexity index is 567. The third-order valence-electron chi connectivity index (χ3n) is 2.10. The van der Waals surface area contributed by atoms with E-state index in [0.717, 1.165) is 9.37 Å². The van der Waals surface area contributed by atoms with E-state index in [-0.39, 0.29) is 0 Å². The molecule has 100 valence electrons. The standard InChI is InChI=1S/C12H13BrN4OS/c1-3-18-11-15-10(14-2)16-12(17-11)19-9-6-4-5-8(13)7-9/h4-7H,3H2,1-2H3,(H,14,15,16,17). The minimum atomic E-state index is 0.333. The number of hydrogen-bond donors (Lipinski definition) is 1. The zero-order chi connectivity index (χ0) is 13.7. The summed E-state index contributed by atoms with van der Waals surface area (Å²) in [4.78, 5) is 13.7. The Labute approximate surface area is 124 Å². The van der Waals surface area contributed by atoms with E-state index in [9.17, 15) is 0 Å². The van der Waals surface area contributed by atoms with E-state index in [1.54, 1.807) is 7.05 Å². The Morgan fingerprint density at radius 1 is 1.32 bits per heavy atom. The summed E-state index contributed by atoms with van der Waals surface area (Å²) in [6.45, 7) is 2.41. The molecule has 7 heteroatoms. The molecule has 0 atom stereocenters. The summed E-state index contributed by atoms with van der Waals surface area (Å²) >= 11 is 4.90. The average Bonchev–Trinajstić information content (AvgIpc) is 2.39. The van der Waals surface area contributed by atoms with Gasteiger partial charge in [0.05, 0.1) is 6.61 Å². The van der Waals surface area contributed by atoms with Crippen molar-refractivity contribution in [3.8, 4) is 6.01 Å². The van der Waals surface area contributed by atoms with E-state index in [1.165, 1.54) is 11.8 Å². The largest absolute Gasteiger partial charge is 0.464 e. The fourth-order valence-corrected chi connectivity index (χ4v) is 2.67. The molecule has 0 unspecified atom stereocenters. The molecule has 0 bridgehead atoms. The molecule has 1 aromatic heterocycles. The monoisotopic (exact) mass is 340 g/mol. The van der Waals surface area contributed by atoms with Gasteiger partial charge in [0.15, 0.2) is 0 Å². The van der Waals surface area contributed by atoms with Crippen molar-refractivity contribution in [2.24, 2.45) is 0 Å². The number of ether oxygens (including phenoxy) is 1. The Morgan fingerprint density at radius 3 is 2.84 bits per heavy atom. The predicted molar refractivity (Wildman–Crippen MR) is 78.8 cm³/mol. The van der Waals surface area contributed by atoms with Gasteiger partial charge in [-0.05, 0) is 36.9 Å². The molecule has 0 aliphatic rings. The number of hydrogen-bond acceptors (Lipinski definition) is 6. The first-order chi connectivity index (χ1) is 9.21. The first kappa shape index (κ1) is 14.1. The van der Waals surface area contributed by atoms with Crippen molar-refractivity contribution < 1.29 is 4.74 Å². The van der Waals surface area contributed by atoms with Gasteiger partial charge in [-0.25, -0.2) is 0 Å². The van der Waals surface area contributed by atoms with Crippen LogP contribution in [0.1, 0.15) is 6.92 Å². The molecule has 0 amide bonds. The maximum Gasteiger partial charge on any atom is 0.322 e. The molecule has 0 aliphatic heterocycles. The summed E-state index contributed by atoms with van der Waals surface area (Å²) in [5.74, 6) is 0.496. The van der Waals surface area contributed by atoms with Crippen molar-refractivity contribution in [3.63, 3.8) is 0 Å². The summed E-state index contributed by atoms with van der Waals surface area (Å²) in [6, 6.07) is 8.28. The lowest BCUT2D eigenvalue weighted by molar-refractivity contribution is 0.308. The highest BCUT2D eigenvalue weighted by Crippen LogP contribution is 2.28. The van der Waals surface area contributed by atoms with Gasteiger partial charge in [-0.1, -0.05) is 22.0 Å². The van der Waals surface area contributed by atoms with Crippen LogP contribution in [-0.2, 0) is 0 Å². The molecule has 0 fully saturated rings. The van der Waals surface area contributed by atoms with Crippen LogP contribution in [0.2, 0.25) is 0 Å². The fourth-order valence-electron chi connectivity index (χ4n) is 1.33. The molecule has 0 radical (unpaired) electrons. The van der Waals surface area contributed by atoms with Gasteiger partial charge >= 0.3 is 6.01 Å². The molecule has 1 N–H and O–H groups in total. The second kappa shape index (κ2) is 6.72. The Kier molecular flexibility index (Phi) is 4.98. The minimum Gasteiger partial charge on any atom is -0.464 e. The number of nitrogens with one attached hydrogen (secondary N) is 1. The maximum atomic E-state index is 5.33. The molecular weight excluding hydrogens is 328 g/mol. The van der Waals surface area contributed by atoms with E-state index >= 15 is 0 Å². The molecule has 5 nitrogen and oxygen atoms in total. The van der Waals surface area contributed by atoms with Gasteiger partial charge in [-0.3, -0.25) is 0 Å². The first-order valence-corrected chi connectivity index (χ1v) is 7.32. The number of aromatic nitrogens is 3. The van der Waals surface area contributed by atoms with Crippen LogP contribution in [0.15, 0.2) is 38.8 Å². The van der Waals surface area contributed by atoms with Crippen LogP contribution in [-0.4, -0.2) is 28.6 Å². The fraction of sp³-hybridized carbons (Fsp3) is 0.250. The maximum absolute atomic E-state index is 5.33.